The molecule has 0 fully saturated rings. The first kappa shape index (κ1) is 14.5. The Balaban J connectivity index is 2.53. The van der Waals surface area contributed by atoms with E-state index >= 15 is 0 Å². The van der Waals surface area contributed by atoms with Crippen molar-refractivity contribution in [3.63, 3.8) is 0 Å². The summed E-state index contributed by atoms with van der Waals surface area (Å²) in [4.78, 5) is 15.7. The fraction of sp³-hybridized carbons (Fsp3) is 0.231. The molecule has 2 rings (SSSR count). The minimum absolute atomic E-state index is 0.000185. The molecule has 0 aliphatic carbocycles. The van der Waals surface area contributed by atoms with Crippen LogP contribution in [-0.2, 0) is 16.6 Å². The number of aromatic nitrogens is 1. The molecule has 4 nitrogen and oxygen atoms in total. The molecular formula is C13H12F2N2O2S. The van der Waals surface area contributed by atoms with Gasteiger partial charge < -0.3 is 10.8 Å². The maximum Gasteiger partial charge on any atom is 0.315 e. The molecule has 1 aromatic heterocycles. The van der Waals surface area contributed by atoms with Crippen molar-refractivity contribution < 1.29 is 18.7 Å². The zero-order chi connectivity index (χ0) is 14.8. The summed E-state index contributed by atoms with van der Waals surface area (Å²) in [5.74, 6) is -2.91. The minimum atomic E-state index is -1.60. The largest absolute Gasteiger partial charge is 0.481 e. The minimum Gasteiger partial charge on any atom is -0.481 e. The lowest BCUT2D eigenvalue weighted by Crippen LogP contribution is -2.45. The Morgan fingerprint density at radius 3 is 2.45 bits per heavy atom. The van der Waals surface area contributed by atoms with Crippen LogP contribution in [0.25, 0.3) is 0 Å². The smallest absolute Gasteiger partial charge is 0.315 e. The zero-order valence-electron chi connectivity index (χ0n) is 10.3. The van der Waals surface area contributed by atoms with Gasteiger partial charge in [0.2, 0.25) is 0 Å². The van der Waals surface area contributed by atoms with E-state index in [0.717, 1.165) is 12.1 Å². The molecule has 0 saturated carbocycles. The number of nitrogens with zero attached hydrogens (tertiary/aromatic N) is 1. The number of thiazole rings is 1. The van der Waals surface area contributed by atoms with Crippen molar-refractivity contribution in [2.75, 3.05) is 6.54 Å². The van der Waals surface area contributed by atoms with Gasteiger partial charge in [-0.05, 0) is 17.7 Å². The molecule has 2 aromatic rings. The third-order valence-electron chi connectivity index (χ3n) is 3.11. The highest BCUT2D eigenvalue weighted by molar-refractivity contribution is 7.09. The third kappa shape index (κ3) is 2.68. The summed E-state index contributed by atoms with van der Waals surface area (Å²) >= 11 is 1.27. The van der Waals surface area contributed by atoms with E-state index in [1.54, 1.807) is 5.38 Å². The summed E-state index contributed by atoms with van der Waals surface area (Å²) in [5, 5.41) is 11.8. The molecule has 0 amide bonds. The summed E-state index contributed by atoms with van der Waals surface area (Å²) in [6.45, 7) is -0.287. The van der Waals surface area contributed by atoms with Crippen LogP contribution in [-0.4, -0.2) is 22.6 Å². The van der Waals surface area contributed by atoms with Gasteiger partial charge in [-0.1, -0.05) is 0 Å². The lowest BCUT2D eigenvalue weighted by Gasteiger charge is -2.27. The van der Waals surface area contributed by atoms with Crippen molar-refractivity contribution in [2.24, 2.45) is 5.73 Å². The van der Waals surface area contributed by atoms with Crippen molar-refractivity contribution in [3.05, 3.63) is 52.0 Å². The van der Waals surface area contributed by atoms with Crippen LogP contribution in [0.2, 0.25) is 0 Å². The number of rotatable bonds is 5. The van der Waals surface area contributed by atoms with Gasteiger partial charge in [-0.15, -0.1) is 11.3 Å². The molecular weight excluding hydrogens is 286 g/mol. The first-order valence-electron chi connectivity index (χ1n) is 5.76. The molecule has 20 heavy (non-hydrogen) atoms. The fourth-order valence-corrected chi connectivity index (χ4v) is 2.74. The second-order valence-electron chi connectivity index (χ2n) is 4.35. The zero-order valence-corrected chi connectivity index (χ0v) is 11.2. The number of hydrogen-bond donors (Lipinski definition) is 2. The molecule has 0 saturated heterocycles. The Hall–Kier alpha value is -1.86. The lowest BCUT2D eigenvalue weighted by molar-refractivity contribution is -0.143. The monoisotopic (exact) mass is 298 g/mol. The number of halogens is 2. The van der Waals surface area contributed by atoms with E-state index in [4.69, 9.17) is 5.73 Å². The number of carbonyl (C=O) groups is 1. The number of aliphatic carboxylic acids is 1. The van der Waals surface area contributed by atoms with E-state index in [0.29, 0.717) is 11.1 Å². The summed E-state index contributed by atoms with van der Waals surface area (Å²) in [6, 6.07) is 2.69. The van der Waals surface area contributed by atoms with Crippen molar-refractivity contribution in [3.8, 4) is 0 Å². The predicted molar refractivity (Wildman–Crippen MR) is 70.5 cm³/mol. The SMILES string of the molecule is NCC(Cc1nccs1)(C(=O)O)c1cc(F)cc(F)c1. The van der Waals surface area contributed by atoms with E-state index < -0.39 is 23.0 Å². The first-order chi connectivity index (χ1) is 9.48. The Kier molecular flexibility index (Phi) is 4.10. The van der Waals surface area contributed by atoms with Crippen molar-refractivity contribution >= 4 is 17.3 Å². The summed E-state index contributed by atoms with van der Waals surface area (Å²) in [7, 11) is 0. The Labute approximate surface area is 117 Å². The fourth-order valence-electron chi connectivity index (χ4n) is 2.01. The van der Waals surface area contributed by atoms with Gasteiger partial charge in [-0.25, -0.2) is 13.8 Å². The van der Waals surface area contributed by atoms with E-state index in [9.17, 15) is 18.7 Å². The van der Waals surface area contributed by atoms with Gasteiger partial charge in [0.25, 0.3) is 0 Å². The van der Waals surface area contributed by atoms with Crippen LogP contribution in [0.5, 0.6) is 0 Å². The first-order valence-corrected chi connectivity index (χ1v) is 6.64. The molecule has 1 atom stereocenters. The van der Waals surface area contributed by atoms with Crippen LogP contribution in [0.15, 0.2) is 29.8 Å². The molecule has 1 unspecified atom stereocenters. The average Bonchev–Trinajstić information content (AvgIpc) is 2.87. The highest BCUT2D eigenvalue weighted by Crippen LogP contribution is 2.30. The van der Waals surface area contributed by atoms with Gasteiger partial charge in [0.05, 0.1) is 5.01 Å². The van der Waals surface area contributed by atoms with Crippen LogP contribution >= 0.6 is 11.3 Å². The van der Waals surface area contributed by atoms with Gasteiger partial charge >= 0.3 is 5.97 Å². The molecule has 1 heterocycles. The summed E-state index contributed by atoms with van der Waals surface area (Å²) in [6.07, 6.45) is 1.52. The molecule has 0 aliphatic heterocycles. The van der Waals surface area contributed by atoms with Crippen LogP contribution < -0.4 is 5.73 Å². The van der Waals surface area contributed by atoms with Crippen molar-refractivity contribution in [2.45, 2.75) is 11.8 Å². The Bertz CT molecular complexity index is 599. The van der Waals surface area contributed by atoms with E-state index in [1.165, 1.54) is 17.5 Å². The maximum atomic E-state index is 13.4. The summed E-state index contributed by atoms with van der Waals surface area (Å²) < 4.78 is 26.7. The highest BCUT2D eigenvalue weighted by Gasteiger charge is 2.40. The molecule has 0 spiro atoms. The average molecular weight is 298 g/mol. The van der Waals surface area contributed by atoms with Gasteiger partial charge in [0.1, 0.15) is 17.0 Å². The highest BCUT2D eigenvalue weighted by atomic mass is 32.1. The molecule has 3 N–H and O–H groups in total. The molecule has 0 radical (unpaired) electrons. The number of carboxylic acid groups (broad SMARTS) is 1. The second-order valence-corrected chi connectivity index (χ2v) is 5.33. The van der Waals surface area contributed by atoms with E-state index in [1.807, 2.05) is 0 Å². The van der Waals surface area contributed by atoms with Crippen molar-refractivity contribution in [1.29, 1.82) is 0 Å². The Morgan fingerprint density at radius 2 is 2.00 bits per heavy atom. The number of benzene rings is 1. The van der Waals surface area contributed by atoms with Gasteiger partial charge in [0.15, 0.2) is 0 Å². The van der Waals surface area contributed by atoms with E-state index in [-0.39, 0.29) is 18.5 Å². The van der Waals surface area contributed by atoms with Gasteiger partial charge in [0, 0.05) is 30.6 Å². The number of nitrogens with two attached hydrogens (primary N) is 1. The number of carboxylic acids is 1. The van der Waals surface area contributed by atoms with E-state index in [2.05, 4.69) is 4.98 Å². The molecule has 106 valence electrons. The van der Waals surface area contributed by atoms with Gasteiger partial charge in [-0.3, -0.25) is 4.79 Å². The molecule has 0 aliphatic rings. The summed E-state index contributed by atoms with van der Waals surface area (Å²) in [5.41, 5.74) is 4.01. The molecule has 0 bridgehead atoms. The third-order valence-corrected chi connectivity index (χ3v) is 3.89. The standard InChI is InChI=1S/C13H12F2N2O2S/c14-9-3-8(4-10(15)5-9)13(7-16,12(18)19)6-11-17-1-2-20-11/h1-5H,6-7,16H2,(H,18,19). The molecule has 7 heteroatoms. The normalized spacial score (nSPS) is 13.9. The topological polar surface area (TPSA) is 76.2 Å². The second kappa shape index (κ2) is 5.64. The maximum absolute atomic E-state index is 13.4. The lowest BCUT2D eigenvalue weighted by atomic mass is 9.77. The predicted octanol–water partition coefficient (Wildman–Crippen LogP) is 1.95. The quantitative estimate of drug-likeness (QED) is 0.884. The molecule has 1 aromatic carbocycles. The van der Waals surface area contributed by atoms with Crippen LogP contribution in [0.1, 0.15) is 10.6 Å². The van der Waals surface area contributed by atoms with Crippen molar-refractivity contribution in [1.82, 2.24) is 4.98 Å². The van der Waals surface area contributed by atoms with Crippen LogP contribution in [0, 0.1) is 11.6 Å². The number of hydrogen-bond acceptors (Lipinski definition) is 4. The van der Waals surface area contributed by atoms with Crippen LogP contribution in [0.4, 0.5) is 8.78 Å². The van der Waals surface area contributed by atoms with Crippen LogP contribution in [0.3, 0.4) is 0 Å². The Morgan fingerprint density at radius 1 is 1.35 bits per heavy atom. The van der Waals surface area contributed by atoms with Gasteiger partial charge in [-0.2, -0.15) is 0 Å².